The molecule has 10 rings (SSSR count). The van der Waals surface area contributed by atoms with Crippen LogP contribution in [0.25, 0.3) is 33.4 Å². The molecule has 0 aliphatic carbocycles. The number of phenols is 4. The average molecular weight is 949 g/mol. The molecule has 362 valence electrons. The average Bonchev–Trinajstić information content (AvgIpc) is 4.03. The Bertz CT molecular complexity index is 3040. The van der Waals surface area contributed by atoms with Crippen molar-refractivity contribution >= 4 is 22.3 Å². The van der Waals surface area contributed by atoms with Gasteiger partial charge in [-0.3, -0.25) is 9.80 Å². The van der Waals surface area contributed by atoms with Gasteiger partial charge in [0.1, 0.15) is 70.8 Å². The van der Waals surface area contributed by atoms with Crippen LogP contribution in [0, 0.1) is 17.6 Å². The summed E-state index contributed by atoms with van der Waals surface area (Å²) in [5, 5.41) is 43.5. The first kappa shape index (κ1) is 46.7. The molecule has 2 fully saturated rings. The lowest BCUT2D eigenvalue weighted by molar-refractivity contribution is 0.168. The van der Waals surface area contributed by atoms with E-state index >= 15 is 8.78 Å². The SMILES string of the molecule is CC1=C(c2cc(O)cc(-c3c(OCCN4CCCC4)ccc(C4Oc5ccc(O)cc5C(C)=C4c4cccc(O)c4)c3F)c2)C(c2ccc(OCC(C)N3CCC(C)C3)cc2F)Oc2ccc(O)cc21. The van der Waals surface area contributed by atoms with Crippen molar-refractivity contribution in [3.63, 3.8) is 0 Å². The summed E-state index contributed by atoms with van der Waals surface area (Å²) < 4.78 is 60.9. The van der Waals surface area contributed by atoms with E-state index < -0.39 is 23.8 Å². The molecule has 6 aromatic carbocycles. The second-order valence-corrected chi connectivity index (χ2v) is 19.2. The summed E-state index contributed by atoms with van der Waals surface area (Å²) in [6, 6.07) is 29.2. The first-order valence-electron chi connectivity index (χ1n) is 24.2. The molecule has 4 unspecified atom stereocenters. The fraction of sp³-hybridized carbons (Fsp3) is 0.310. The van der Waals surface area contributed by atoms with Gasteiger partial charge in [0.15, 0.2) is 12.2 Å². The fourth-order valence-corrected chi connectivity index (χ4v) is 10.6. The Kier molecular flexibility index (Phi) is 12.9. The number of likely N-dealkylation sites (tertiary alicyclic amines) is 2. The van der Waals surface area contributed by atoms with Gasteiger partial charge in [-0.2, -0.15) is 0 Å². The monoisotopic (exact) mass is 948 g/mol. The lowest BCUT2D eigenvalue weighted by Gasteiger charge is -2.32. The van der Waals surface area contributed by atoms with E-state index in [1.54, 1.807) is 78.9 Å². The molecule has 0 spiro atoms. The highest BCUT2D eigenvalue weighted by molar-refractivity contribution is 5.98. The third kappa shape index (κ3) is 9.25. The van der Waals surface area contributed by atoms with Crippen LogP contribution in [0.4, 0.5) is 8.78 Å². The van der Waals surface area contributed by atoms with Crippen molar-refractivity contribution in [1.82, 2.24) is 9.80 Å². The van der Waals surface area contributed by atoms with E-state index in [0.29, 0.717) is 75.3 Å². The van der Waals surface area contributed by atoms with E-state index in [1.165, 1.54) is 24.3 Å². The lowest BCUT2D eigenvalue weighted by atomic mass is 9.83. The summed E-state index contributed by atoms with van der Waals surface area (Å²) in [5.41, 5.74) is 5.38. The zero-order valence-electron chi connectivity index (χ0n) is 39.8. The highest BCUT2D eigenvalue weighted by atomic mass is 19.1. The second kappa shape index (κ2) is 19.4. The maximum absolute atomic E-state index is 18.2. The van der Waals surface area contributed by atoms with Gasteiger partial charge in [0.25, 0.3) is 0 Å². The summed E-state index contributed by atoms with van der Waals surface area (Å²) >= 11 is 0. The van der Waals surface area contributed by atoms with Gasteiger partial charge in [-0.05, 0) is 184 Å². The van der Waals surface area contributed by atoms with Crippen molar-refractivity contribution in [1.29, 1.82) is 0 Å². The summed E-state index contributed by atoms with van der Waals surface area (Å²) in [4.78, 5) is 4.69. The van der Waals surface area contributed by atoms with E-state index in [4.69, 9.17) is 18.9 Å². The van der Waals surface area contributed by atoms with E-state index in [1.807, 2.05) is 19.9 Å². The molecule has 70 heavy (non-hydrogen) atoms. The minimum atomic E-state index is -1.04. The summed E-state index contributed by atoms with van der Waals surface area (Å²) in [6.45, 7) is 13.3. The topological polar surface area (TPSA) is 124 Å². The number of rotatable bonds is 13. The number of fused-ring (bicyclic) bond motifs is 2. The van der Waals surface area contributed by atoms with Crippen LogP contribution in [0.1, 0.15) is 92.5 Å². The zero-order chi connectivity index (χ0) is 48.8. The summed E-state index contributed by atoms with van der Waals surface area (Å²) in [7, 11) is 0. The first-order chi connectivity index (χ1) is 33.8. The van der Waals surface area contributed by atoms with Gasteiger partial charge in [-0.25, -0.2) is 8.78 Å². The highest BCUT2D eigenvalue weighted by Gasteiger charge is 2.36. The third-order valence-corrected chi connectivity index (χ3v) is 14.3. The van der Waals surface area contributed by atoms with Crippen molar-refractivity contribution in [2.75, 3.05) is 45.9 Å². The van der Waals surface area contributed by atoms with Crippen LogP contribution in [0.5, 0.6) is 46.0 Å². The maximum Gasteiger partial charge on any atom is 0.153 e. The molecular formula is C58H58F2N2O8. The van der Waals surface area contributed by atoms with Gasteiger partial charge < -0.3 is 39.4 Å². The van der Waals surface area contributed by atoms with Crippen molar-refractivity contribution in [3.05, 3.63) is 154 Å². The maximum atomic E-state index is 18.2. The van der Waals surface area contributed by atoms with E-state index in [0.717, 1.165) is 51.0 Å². The van der Waals surface area contributed by atoms with Crippen molar-refractivity contribution < 1.29 is 48.2 Å². The van der Waals surface area contributed by atoms with Crippen LogP contribution < -0.4 is 18.9 Å². The molecule has 0 bridgehead atoms. The number of halogens is 2. The van der Waals surface area contributed by atoms with E-state index in [-0.39, 0.29) is 63.7 Å². The summed E-state index contributed by atoms with van der Waals surface area (Å²) in [5.74, 6) is 0.773. The van der Waals surface area contributed by atoms with Crippen LogP contribution in [-0.4, -0.2) is 82.2 Å². The molecule has 0 radical (unpaired) electrons. The Balaban J connectivity index is 1.08. The minimum absolute atomic E-state index is 0.00901. The molecular weight excluding hydrogens is 891 g/mol. The van der Waals surface area contributed by atoms with Gasteiger partial charge in [-0.15, -0.1) is 0 Å². The number of benzene rings is 6. The van der Waals surface area contributed by atoms with Crippen LogP contribution in [0.2, 0.25) is 0 Å². The molecule has 0 aromatic heterocycles. The molecule has 10 nitrogen and oxygen atoms in total. The van der Waals surface area contributed by atoms with Crippen LogP contribution in [-0.2, 0) is 0 Å². The molecule has 4 heterocycles. The van der Waals surface area contributed by atoms with Gasteiger partial charge >= 0.3 is 0 Å². The number of hydrogen-bond acceptors (Lipinski definition) is 10. The Morgan fingerprint density at radius 2 is 1.29 bits per heavy atom. The van der Waals surface area contributed by atoms with Crippen LogP contribution >= 0.6 is 0 Å². The Morgan fingerprint density at radius 1 is 0.657 bits per heavy atom. The second-order valence-electron chi connectivity index (χ2n) is 19.2. The predicted octanol–water partition coefficient (Wildman–Crippen LogP) is 12.2. The van der Waals surface area contributed by atoms with Gasteiger partial charge in [-0.1, -0.05) is 19.1 Å². The first-order valence-corrected chi connectivity index (χ1v) is 24.2. The standard InChI is InChI=1S/C58H58F2N2O8/c1-33-18-21-62(31-33)34(2)32-68-44-12-13-45(49(59)30-44)57-54(36(4)48-29-42(65)10-15-50(48)69-57)38-24-39(27-43(66)26-38)55-52(67-23-22-61-19-5-6-20-61)17-14-46(56(55)60)58-53(37-8-7-9-40(63)25-37)35(3)47-28-41(64)11-16-51(47)70-58/h7-17,24-30,33-34,57-58,63-66H,5-6,18-23,31-32H2,1-4H3. The minimum Gasteiger partial charge on any atom is -0.508 e. The van der Waals surface area contributed by atoms with E-state index in [2.05, 4.69) is 23.6 Å². The molecule has 4 aliphatic heterocycles. The van der Waals surface area contributed by atoms with Crippen molar-refractivity contribution in [2.24, 2.45) is 5.92 Å². The van der Waals surface area contributed by atoms with Crippen molar-refractivity contribution in [3.8, 4) is 57.1 Å². The molecule has 12 heteroatoms. The fourth-order valence-electron chi connectivity index (χ4n) is 10.6. The lowest BCUT2D eigenvalue weighted by Crippen LogP contribution is -2.35. The Hall–Kier alpha value is -7.02. The molecule has 4 N–H and O–H groups in total. The zero-order valence-corrected chi connectivity index (χ0v) is 39.8. The summed E-state index contributed by atoms with van der Waals surface area (Å²) in [6.07, 6.45) is 1.28. The quantitative estimate of drug-likeness (QED) is 0.0889. The molecule has 4 aliphatic rings. The highest BCUT2D eigenvalue weighted by Crippen LogP contribution is 2.52. The van der Waals surface area contributed by atoms with Gasteiger partial charge in [0.2, 0.25) is 0 Å². The Labute approximate surface area is 407 Å². The molecule has 6 aromatic rings. The number of allylic oxidation sites excluding steroid dienone is 2. The molecule has 2 saturated heterocycles. The number of nitrogens with zero attached hydrogens (tertiary/aromatic N) is 2. The molecule has 0 amide bonds. The van der Waals surface area contributed by atoms with Gasteiger partial charge in [0.05, 0.1) is 5.56 Å². The van der Waals surface area contributed by atoms with Crippen molar-refractivity contribution in [2.45, 2.75) is 65.2 Å². The number of hydrogen-bond donors (Lipinski definition) is 4. The normalized spacial score (nSPS) is 19.7. The number of aromatic hydroxyl groups is 4. The largest absolute Gasteiger partial charge is 0.508 e. The molecule has 0 saturated carbocycles. The number of phenolic OH excluding ortho intramolecular Hbond substituents is 4. The smallest absolute Gasteiger partial charge is 0.153 e. The Morgan fingerprint density at radius 3 is 1.94 bits per heavy atom. The van der Waals surface area contributed by atoms with E-state index in [9.17, 15) is 20.4 Å². The van der Waals surface area contributed by atoms with Crippen LogP contribution in [0.15, 0.2) is 109 Å². The van der Waals surface area contributed by atoms with Gasteiger partial charge in [0, 0.05) is 58.6 Å². The predicted molar refractivity (Wildman–Crippen MR) is 267 cm³/mol. The molecule has 4 atom stereocenters. The third-order valence-electron chi connectivity index (χ3n) is 14.3. The number of ether oxygens (including phenoxy) is 4. The van der Waals surface area contributed by atoms with Crippen LogP contribution in [0.3, 0.4) is 0 Å².